The molecule has 38 heavy (non-hydrogen) atoms. The van der Waals surface area contributed by atoms with Crippen molar-refractivity contribution in [3.8, 4) is 0 Å². The molecule has 0 saturated carbocycles. The molecule has 1 aliphatic heterocycles. The van der Waals surface area contributed by atoms with Gasteiger partial charge in [-0.1, -0.05) is 35.4 Å². The fraction of sp³-hybridized carbons (Fsp3) is 0.591. The Bertz CT molecular complexity index is 1020. The molecule has 1 aromatic rings. The Morgan fingerprint density at radius 3 is 2.29 bits per heavy atom. The quantitative estimate of drug-likeness (QED) is 0.194. The van der Waals surface area contributed by atoms with Gasteiger partial charge >= 0.3 is 0 Å². The van der Waals surface area contributed by atoms with Crippen LogP contribution in [0.2, 0.25) is 0 Å². The SMILES string of the molecule is CC(=O)N[C@H]1CSSC[C@@H](C(N)=O)NC(=O)C(C(C)C)NC(=O)[C@H](C)NC(=O)C(Cc2cnc[nH]2)NC1=O. The lowest BCUT2D eigenvalue weighted by Gasteiger charge is -2.26. The first-order valence-electron chi connectivity index (χ1n) is 11.9. The van der Waals surface area contributed by atoms with Gasteiger partial charge in [-0.2, -0.15) is 0 Å². The number of nitrogens with two attached hydrogens (primary N) is 1. The van der Waals surface area contributed by atoms with E-state index in [0.717, 1.165) is 0 Å². The van der Waals surface area contributed by atoms with Gasteiger partial charge in [0.25, 0.3) is 0 Å². The summed E-state index contributed by atoms with van der Waals surface area (Å²) in [5, 5.41) is 12.9. The minimum Gasteiger partial charge on any atom is -0.368 e. The standard InChI is InChI=1S/C22H34N8O6S2/c1-10(2)17-22(36)29-15(18(23)32)7-37-38-8-16(27-12(4)31)21(35)28-14(5-13-6-24-9-25-13)20(34)26-11(3)19(33)30-17/h6,9-11,14-17H,5,7-8H2,1-4H3,(H2,23,32)(H,24,25)(H,26,34)(H,27,31)(H,28,35)(H,29,36)(H,30,33)/t11-,14?,15-,16-,17?/m0/s1. The van der Waals surface area contributed by atoms with Crippen LogP contribution in [0.15, 0.2) is 12.5 Å². The molecule has 0 aromatic carbocycles. The molecule has 210 valence electrons. The van der Waals surface area contributed by atoms with E-state index in [0.29, 0.717) is 5.69 Å². The third-order valence-electron chi connectivity index (χ3n) is 5.52. The van der Waals surface area contributed by atoms with Crippen LogP contribution in [-0.4, -0.2) is 87.1 Å². The van der Waals surface area contributed by atoms with E-state index in [-0.39, 0.29) is 23.8 Å². The maximum absolute atomic E-state index is 13.1. The Labute approximate surface area is 227 Å². The summed E-state index contributed by atoms with van der Waals surface area (Å²) in [6, 6.07) is -5.23. The van der Waals surface area contributed by atoms with Crippen molar-refractivity contribution in [1.82, 2.24) is 36.6 Å². The number of imidazole rings is 1. The largest absolute Gasteiger partial charge is 0.368 e. The van der Waals surface area contributed by atoms with Crippen molar-refractivity contribution in [3.05, 3.63) is 18.2 Å². The lowest BCUT2D eigenvalue weighted by molar-refractivity contribution is -0.135. The van der Waals surface area contributed by atoms with E-state index < -0.39 is 65.7 Å². The summed E-state index contributed by atoms with van der Waals surface area (Å²) >= 11 is 0. The first-order valence-corrected chi connectivity index (χ1v) is 14.4. The second-order valence-electron chi connectivity index (χ2n) is 9.09. The second kappa shape index (κ2) is 14.6. The number of hydrogen-bond acceptors (Lipinski definition) is 9. The van der Waals surface area contributed by atoms with Gasteiger partial charge in [0.05, 0.1) is 6.33 Å². The van der Waals surface area contributed by atoms with E-state index in [9.17, 15) is 28.8 Å². The zero-order chi connectivity index (χ0) is 28.4. The lowest BCUT2D eigenvalue weighted by Crippen LogP contribution is -2.59. The number of carbonyl (C=O) groups is 6. The van der Waals surface area contributed by atoms with Gasteiger partial charge in [-0.15, -0.1) is 0 Å². The Morgan fingerprint density at radius 1 is 1.03 bits per heavy atom. The van der Waals surface area contributed by atoms with E-state index in [1.54, 1.807) is 13.8 Å². The molecular formula is C22H34N8O6S2. The van der Waals surface area contributed by atoms with Crippen molar-refractivity contribution in [2.24, 2.45) is 11.7 Å². The molecule has 1 aliphatic rings. The van der Waals surface area contributed by atoms with Gasteiger partial charge in [0.2, 0.25) is 35.4 Å². The number of rotatable bonds is 5. The summed E-state index contributed by atoms with van der Waals surface area (Å²) in [5.41, 5.74) is 6.02. The van der Waals surface area contributed by atoms with Crippen molar-refractivity contribution in [2.75, 3.05) is 11.5 Å². The minimum atomic E-state index is -1.11. The molecule has 2 heterocycles. The number of nitrogens with zero attached hydrogens (tertiary/aromatic N) is 1. The van der Waals surface area contributed by atoms with Crippen LogP contribution in [0.5, 0.6) is 0 Å². The van der Waals surface area contributed by atoms with Crippen LogP contribution < -0.4 is 32.3 Å². The summed E-state index contributed by atoms with van der Waals surface area (Å²) in [4.78, 5) is 82.6. The van der Waals surface area contributed by atoms with E-state index in [4.69, 9.17) is 5.73 Å². The Kier molecular flexibility index (Phi) is 11.9. The predicted octanol–water partition coefficient (Wildman–Crippen LogP) is -2.05. The highest BCUT2D eigenvalue weighted by Gasteiger charge is 2.32. The zero-order valence-corrected chi connectivity index (χ0v) is 23.2. The van der Waals surface area contributed by atoms with Gasteiger partial charge < -0.3 is 37.3 Å². The molecule has 2 unspecified atom stereocenters. The number of aromatic amines is 1. The molecule has 0 bridgehead atoms. The highest BCUT2D eigenvalue weighted by molar-refractivity contribution is 8.76. The molecule has 1 aromatic heterocycles. The molecule has 2 rings (SSSR count). The normalized spacial score (nSPS) is 26.4. The molecular weight excluding hydrogens is 536 g/mol. The molecule has 8 N–H and O–H groups in total. The Morgan fingerprint density at radius 2 is 1.71 bits per heavy atom. The average Bonchev–Trinajstić information content (AvgIpc) is 3.34. The molecule has 0 spiro atoms. The second-order valence-corrected chi connectivity index (χ2v) is 11.6. The van der Waals surface area contributed by atoms with Crippen LogP contribution >= 0.6 is 21.6 Å². The van der Waals surface area contributed by atoms with Crippen LogP contribution in [0.25, 0.3) is 0 Å². The highest BCUT2D eigenvalue weighted by atomic mass is 33.1. The van der Waals surface area contributed by atoms with Gasteiger partial charge in [0.1, 0.15) is 30.2 Å². The van der Waals surface area contributed by atoms with Crippen LogP contribution in [0.3, 0.4) is 0 Å². The van der Waals surface area contributed by atoms with Crippen molar-refractivity contribution >= 4 is 57.0 Å². The Hall–Kier alpha value is -3.27. The molecule has 6 amide bonds. The number of carbonyl (C=O) groups excluding carboxylic acids is 6. The fourth-order valence-electron chi connectivity index (χ4n) is 3.41. The number of aromatic nitrogens is 2. The monoisotopic (exact) mass is 570 g/mol. The molecule has 0 radical (unpaired) electrons. The van der Waals surface area contributed by atoms with Gasteiger partial charge in [-0.05, 0) is 12.8 Å². The van der Waals surface area contributed by atoms with Crippen LogP contribution in [0, 0.1) is 5.92 Å². The predicted molar refractivity (Wildman–Crippen MR) is 142 cm³/mol. The fourth-order valence-corrected chi connectivity index (χ4v) is 5.75. The maximum Gasteiger partial charge on any atom is 0.244 e. The van der Waals surface area contributed by atoms with Gasteiger partial charge in [-0.25, -0.2) is 4.98 Å². The third-order valence-corrected chi connectivity index (χ3v) is 7.94. The van der Waals surface area contributed by atoms with Crippen molar-refractivity contribution < 1.29 is 28.8 Å². The summed E-state index contributed by atoms with van der Waals surface area (Å²) in [7, 11) is 2.35. The summed E-state index contributed by atoms with van der Waals surface area (Å²) in [6.45, 7) is 6.13. The van der Waals surface area contributed by atoms with Crippen molar-refractivity contribution in [3.63, 3.8) is 0 Å². The number of amides is 6. The third kappa shape index (κ3) is 9.55. The topological polar surface area (TPSA) is 217 Å². The van der Waals surface area contributed by atoms with E-state index in [2.05, 4.69) is 36.6 Å². The van der Waals surface area contributed by atoms with Gasteiger partial charge in [0.15, 0.2) is 0 Å². The summed E-state index contributed by atoms with van der Waals surface area (Å²) in [6.07, 6.45) is 2.96. The smallest absolute Gasteiger partial charge is 0.244 e. The van der Waals surface area contributed by atoms with Crippen molar-refractivity contribution in [2.45, 2.75) is 64.3 Å². The first-order chi connectivity index (χ1) is 17.9. The number of hydrogen-bond donors (Lipinski definition) is 7. The maximum atomic E-state index is 13.1. The van der Waals surface area contributed by atoms with Gasteiger partial charge in [0, 0.05) is 36.7 Å². The minimum absolute atomic E-state index is 0.0396. The van der Waals surface area contributed by atoms with E-state index in [1.807, 2.05) is 0 Å². The first kappa shape index (κ1) is 31.0. The van der Waals surface area contributed by atoms with Crippen LogP contribution in [0.4, 0.5) is 0 Å². The van der Waals surface area contributed by atoms with Crippen LogP contribution in [0.1, 0.15) is 33.4 Å². The van der Waals surface area contributed by atoms with E-state index >= 15 is 0 Å². The molecule has 16 heteroatoms. The molecule has 5 atom stereocenters. The summed E-state index contributed by atoms with van der Waals surface area (Å²) in [5.74, 6) is -3.89. The average molecular weight is 571 g/mol. The van der Waals surface area contributed by atoms with E-state index in [1.165, 1.54) is 48.0 Å². The molecule has 1 fully saturated rings. The molecule has 1 saturated heterocycles. The lowest BCUT2D eigenvalue weighted by atomic mass is 10.0. The van der Waals surface area contributed by atoms with Crippen molar-refractivity contribution in [1.29, 1.82) is 0 Å². The van der Waals surface area contributed by atoms with Crippen LogP contribution in [-0.2, 0) is 35.2 Å². The number of H-pyrrole nitrogens is 1. The van der Waals surface area contributed by atoms with Gasteiger partial charge in [-0.3, -0.25) is 28.8 Å². The highest BCUT2D eigenvalue weighted by Crippen LogP contribution is 2.23. The summed E-state index contributed by atoms with van der Waals surface area (Å²) < 4.78 is 0. The number of nitrogens with one attached hydrogen (secondary N) is 6. The number of primary amides is 1. The molecule has 14 nitrogen and oxygen atoms in total. The Balaban J connectivity index is 2.36. The zero-order valence-electron chi connectivity index (χ0n) is 21.5. The molecule has 0 aliphatic carbocycles.